The van der Waals surface area contributed by atoms with E-state index in [0.717, 1.165) is 39.5 Å². The molecule has 0 spiro atoms. The van der Waals surface area contributed by atoms with Crippen LogP contribution in [0.5, 0.6) is 0 Å². The molecule has 0 saturated carbocycles. The van der Waals surface area contributed by atoms with Gasteiger partial charge >= 0.3 is 0 Å². The summed E-state index contributed by atoms with van der Waals surface area (Å²) in [7, 11) is 0. The number of nitrogen functional groups attached to an aromatic ring is 1. The van der Waals surface area contributed by atoms with Crippen molar-refractivity contribution < 1.29 is 0 Å². The maximum atomic E-state index is 5.91. The summed E-state index contributed by atoms with van der Waals surface area (Å²) in [6.45, 7) is 5.10. The molecular weight excluding hydrogens is 324 g/mol. The van der Waals surface area contributed by atoms with Crippen LogP contribution in [-0.4, -0.2) is 14.8 Å². The molecule has 0 aliphatic heterocycles. The van der Waals surface area contributed by atoms with Crippen LogP contribution in [0.15, 0.2) is 27.8 Å². The monoisotopic (exact) mass is 340 g/mol. The Morgan fingerprint density at radius 2 is 2.21 bits per heavy atom. The van der Waals surface area contributed by atoms with E-state index in [9.17, 15) is 0 Å². The van der Waals surface area contributed by atoms with Gasteiger partial charge in [0.2, 0.25) is 0 Å². The summed E-state index contributed by atoms with van der Waals surface area (Å²) in [4.78, 5) is 5.06. The third-order valence-corrected chi connectivity index (χ3v) is 4.88. The van der Waals surface area contributed by atoms with Crippen molar-refractivity contribution in [3.05, 3.63) is 34.3 Å². The van der Waals surface area contributed by atoms with Crippen molar-refractivity contribution in [3.63, 3.8) is 0 Å². The number of hydrogen-bond donors (Lipinski definition) is 1. The Bertz CT molecular complexity index is 568. The molecule has 2 aromatic heterocycles. The predicted octanol–water partition coefficient (Wildman–Crippen LogP) is 3.50. The molecule has 0 radical (unpaired) electrons. The van der Waals surface area contributed by atoms with E-state index >= 15 is 0 Å². The molecule has 0 unspecified atom stereocenters. The second-order valence-corrected chi connectivity index (χ2v) is 5.89. The van der Waals surface area contributed by atoms with Crippen molar-refractivity contribution in [1.29, 1.82) is 0 Å². The number of hydrogen-bond acceptors (Lipinski definition) is 4. The van der Waals surface area contributed by atoms with E-state index in [-0.39, 0.29) is 0 Å². The number of anilines is 1. The van der Waals surface area contributed by atoms with Crippen LogP contribution in [0.25, 0.3) is 0 Å². The van der Waals surface area contributed by atoms with Gasteiger partial charge in [0.25, 0.3) is 0 Å². The first-order valence-electron chi connectivity index (χ1n) is 6.23. The van der Waals surface area contributed by atoms with Crippen molar-refractivity contribution in [1.82, 2.24) is 14.8 Å². The van der Waals surface area contributed by atoms with E-state index in [1.165, 1.54) is 5.69 Å². The fourth-order valence-electron chi connectivity index (χ4n) is 1.83. The van der Waals surface area contributed by atoms with E-state index in [1.54, 1.807) is 24.2 Å². The van der Waals surface area contributed by atoms with Crippen molar-refractivity contribution >= 4 is 33.4 Å². The molecule has 2 N–H and O–H groups in total. The molecule has 0 aromatic carbocycles. The van der Waals surface area contributed by atoms with Crippen LogP contribution < -0.4 is 5.73 Å². The summed E-state index contributed by atoms with van der Waals surface area (Å²) in [6.07, 6.45) is 4.39. The van der Waals surface area contributed by atoms with E-state index in [4.69, 9.17) is 5.73 Å². The van der Waals surface area contributed by atoms with E-state index in [0.29, 0.717) is 0 Å². The molecule has 0 atom stereocenters. The fourth-order valence-corrected chi connectivity index (χ4v) is 3.68. The molecule has 6 heteroatoms. The first-order chi connectivity index (χ1) is 9.17. The SMILES string of the molecule is CCc1nn(CC)c(CSc2ccncc2N)c1Br. The van der Waals surface area contributed by atoms with Crippen LogP contribution >= 0.6 is 27.7 Å². The van der Waals surface area contributed by atoms with Gasteiger partial charge in [0.15, 0.2) is 0 Å². The first-order valence-corrected chi connectivity index (χ1v) is 8.01. The standard InChI is InChI=1S/C13H17BrN4S/c1-3-10-13(14)11(18(4-2)17-10)8-19-12-5-6-16-7-9(12)15/h5-7H,3-4,8,15H2,1-2H3. The third-order valence-electron chi connectivity index (χ3n) is 2.87. The minimum Gasteiger partial charge on any atom is -0.397 e. The third kappa shape index (κ3) is 3.12. The highest BCUT2D eigenvalue weighted by molar-refractivity contribution is 9.10. The number of nitrogens with zero attached hydrogens (tertiary/aromatic N) is 3. The maximum Gasteiger partial charge on any atom is 0.0767 e. The lowest BCUT2D eigenvalue weighted by Gasteiger charge is -2.07. The molecule has 19 heavy (non-hydrogen) atoms. The zero-order valence-corrected chi connectivity index (χ0v) is 13.5. The van der Waals surface area contributed by atoms with E-state index < -0.39 is 0 Å². The van der Waals surface area contributed by atoms with Gasteiger partial charge in [-0.05, 0) is 35.3 Å². The number of thioether (sulfide) groups is 1. The van der Waals surface area contributed by atoms with Gasteiger partial charge in [-0.25, -0.2) is 0 Å². The quantitative estimate of drug-likeness (QED) is 0.846. The van der Waals surface area contributed by atoms with Crippen LogP contribution in [0.2, 0.25) is 0 Å². The Hall–Kier alpha value is -1.01. The summed E-state index contributed by atoms with van der Waals surface area (Å²) in [6, 6.07) is 1.95. The largest absolute Gasteiger partial charge is 0.397 e. The molecule has 102 valence electrons. The van der Waals surface area contributed by atoms with Crippen molar-refractivity contribution in [2.24, 2.45) is 0 Å². The van der Waals surface area contributed by atoms with Crippen LogP contribution in [0.1, 0.15) is 25.2 Å². The zero-order chi connectivity index (χ0) is 13.8. The number of nitrogens with two attached hydrogens (primary N) is 1. The Morgan fingerprint density at radius 3 is 2.84 bits per heavy atom. The Labute approximate surface area is 125 Å². The smallest absolute Gasteiger partial charge is 0.0767 e. The van der Waals surface area contributed by atoms with Crippen LogP contribution in [0.4, 0.5) is 5.69 Å². The number of aryl methyl sites for hydroxylation is 2. The lowest BCUT2D eigenvalue weighted by Crippen LogP contribution is -2.02. The summed E-state index contributed by atoms with van der Waals surface area (Å²) in [5.74, 6) is 0.843. The molecule has 0 fully saturated rings. The summed E-state index contributed by atoms with van der Waals surface area (Å²) in [5.41, 5.74) is 8.95. The maximum absolute atomic E-state index is 5.91. The van der Waals surface area contributed by atoms with Gasteiger partial charge in [0, 0.05) is 23.4 Å². The zero-order valence-electron chi connectivity index (χ0n) is 11.1. The molecule has 4 nitrogen and oxygen atoms in total. The molecule has 0 aliphatic carbocycles. The lowest BCUT2D eigenvalue weighted by atomic mass is 10.3. The van der Waals surface area contributed by atoms with Gasteiger partial charge in [-0.1, -0.05) is 6.92 Å². The normalized spacial score (nSPS) is 10.9. The number of halogens is 1. The Kier molecular flexibility index (Phi) is 4.87. The van der Waals surface area contributed by atoms with Crippen molar-refractivity contribution in [3.8, 4) is 0 Å². The molecule has 2 heterocycles. The molecule has 2 rings (SSSR count). The van der Waals surface area contributed by atoms with E-state index in [2.05, 4.69) is 39.9 Å². The van der Waals surface area contributed by atoms with Crippen molar-refractivity contribution in [2.75, 3.05) is 5.73 Å². The van der Waals surface area contributed by atoms with Gasteiger partial charge < -0.3 is 5.73 Å². The lowest BCUT2D eigenvalue weighted by molar-refractivity contribution is 0.627. The average molecular weight is 341 g/mol. The highest BCUT2D eigenvalue weighted by Crippen LogP contribution is 2.31. The minimum atomic E-state index is 0.724. The highest BCUT2D eigenvalue weighted by atomic mass is 79.9. The van der Waals surface area contributed by atoms with Crippen LogP contribution in [0, 0.1) is 0 Å². The topological polar surface area (TPSA) is 56.7 Å². The molecular formula is C13H17BrN4S. The van der Waals surface area contributed by atoms with Crippen LogP contribution in [0.3, 0.4) is 0 Å². The predicted molar refractivity (Wildman–Crippen MR) is 83.2 cm³/mol. The molecule has 0 saturated heterocycles. The Morgan fingerprint density at radius 1 is 1.42 bits per heavy atom. The summed E-state index contributed by atoms with van der Waals surface area (Å²) in [5, 5.41) is 4.59. The second-order valence-electron chi connectivity index (χ2n) is 4.08. The average Bonchev–Trinajstić information content (AvgIpc) is 2.74. The molecule has 0 aliphatic rings. The molecule has 0 amide bonds. The summed E-state index contributed by atoms with van der Waals surface area (Å²) >= 11 is 5.37. The van der Waals surface area contributed by atoms with Gasteiger partial charge in [-0.2, -0.15) is 5.10 Å². The highest BCUT2D eigenvalue weighted by Gasteiger charge is 2.14. The number of rotatable bonds is 5. The van der Waals surface area contributed by atoms with Crippen molar-refractivity contribution in [2.45, 2.75) is 37.5 Å². The molecule has 0 bridgehead atoms. The van der Waals surface area contributed by atoms with Gasteiger partial charge in [0.1, 0.15) is 0 Å². The summed E-state index contributed by atoms with van der Waals surface area (Å²) < 4.78 is 3.17. The van der Waals surface area contributed by atoms with Gasteiger partial charge in [-0.3, -0.25) is 9.67 Å². The number of pyridine rings is 1. The van der Waals surface area contributed by atoms with Gasteiger partial charge in [0.05, 0.1) is 27.7 Å². The first kappa shape index (κ1) is 14.4. The Balaban J connectivity index is 2.20. The van der Waals surface area contributed by atoms with E-state index in [1.807, 2.05) is 10.7 Å². The van der Waals surface area contributed by atoms with Gasteiger partial charge in [-0.15, -0.1) is 11.8 Å². The number of aromatic nitrogens is 3. The minimum absolute atomic E-state index is 0.724. The van der Waals surface area contributed by atoms with Crippen LogP contribution in [-0.2, 0) is 18.7 Å². The molecule has 2 aromatic rings. The fraction of sp³-hybridized carbons (Fsp3) is 0.385. The second kappa shape index (κ2) is 6.43.